The molecule has 1 aromatic carbocycles. The van der Waals surface area contributed by atoms with E-state index in [0.717, 1.165) is 11.3 Å². The normalized spacial score (nSPS) is 10.6. The van der Waals surface area contributed by atoms with Crippen molar-refractivity contribution in [2.45, 2.75) is 6.92 Å². The molecule has 3 aromatic rings. The molecule has 0 radical (unpaired) electrons. The summed E-state index contributed by atoms with van der Waals surface area (Å²) in [4.78, 5) is 16.5. The van der Waals surface area contributed by atoms with E-state index in [4.69, 9.17) is 9.15 Å². The van der Waals surface area contributed by atoms with Crippen LogP contribution in [0.15, 0.2) is 53.1 Å². The maximum absolute atomic E-state index is 12.2. The van der Waals surface area contributed by atoms with Crippen LogP contribution in [0.2, 0.25) is 0 Å². The van der Waals surface area contributed by atoms with E-state index < -0.39 is 5.97 Å². The van der Waals surface area contributed by atoms with Crippen LogP contribution in [0.5, 0.6) is 0 Å². The summed E-state index contributed by atoms with van der Waals surface area (Å²) in [5.41, 5.74) is 1.79. The second-order valence-electron chi connectivity index (χ2n) is 4.79. The quantitative estimate of drug-likeness (QED) is 0.691. The summed E-state index contributed by atoms with van der Waals surface area (Å²) in [5, 5.41) is 0. The average Bonchev–Trinajstić information content (AvgIpc) is 3.14. The summed E-state index contributed by atoms with van der Waals surface area (Å²) in [5.74, 6) is 0.342. The zero-order valence-corrected chi connectivity index (χ0v) is 12.4. The number of aryl methyl sites for hydroxylation is 1. The minimum atomic E-state index is -0.482. The lowest BCUT2D eigenvalue weighted by Gasteiger charge is -2.02. The number of hydrogen-bond donors (Lipinski definition) is 0. The lowest BCUT2D eigenvalue weighted by molar-refractivity contribution is 0.0520. The molecule has 2 aromatic heterocycles. The van der Waals surface area contributed by atoms with Crippen LogP contribution >= 0.6 is 0 Å². The van der Waals surface area contributed by atoms with Crippen LogP contribution in [-0.2, 0) is 11.8 Å². The van der Waals surface area contributed by atoms with Gasteiger partial charge in [-0.2, -0.15) is 0 Å². The topological polar surface area (TPSA) is 57.3 Å². The van der Waals surface area contributed by atoms with E-state index in [1.54, 1.807) is 6.92 Å². The van der Waals surface area contributed by atoms with Gasteiger partial charge in [0.15, 0.2) is 11.5 Å². The number of hydrogen-bond acceptors (Lipinski definition) is 4. The number of ether oxygens (including phenoxy) is 1. The van der Waals surface area contributed by atoms with Crippen LogP contribution in [0.4, 0.5) is 0 Å². The molecule has 0 aliphatic carbocycles. The number of rotatable bonds is 4. The van der Waals surface area contributed by atoms with Gasteiger partial charge < -0.3 is 13.7 Å². The van der Waals surface area contributed by atoms with E-state index >= 15 is 0 Å². The SMILES string of the molecule is CCOC(=O)c1nc(-c2ccccc2)oc1-c1cccn1C. The van der Waals surface area contributed by atoms with Crippen LogP contribution in [0.3, 0.4) is 0 Å². The Labute approximate surface area is 128 Å². The Morgan fingerprint density at radius 3 is 2.64 bits per heavy atom. The van der Waals surface area contributed by atoms with E-state index in [-0.39, 0.29) is 5.69 Å². The molecule has 0 saturated heterocycles. The van der Waals surface area contributed by atoms with Crippen molar-refractivity contribution in [3.05, 3.63) is 54.4 Å². The largest absolute Gasteiger partial charge is 0.461 e. The first-order valence-corrected chi connectivity index (χ1v) is 7.05. The highest BCUT2D eigenvalue weighted by molar-refractivity contribution is 5.94. The second kappa shape index (κ2) is 5.89. The van der Waals surface area contributed by atoms with Crippen LogP contribution in [0.25, 0.3) is 22.9 Å². The van der Waals surface area contributed by atoms with E-state index in [1.807, 2.05) is 60.3 Å². The summed E-state index contributed by atoms with van der Waals surface area (Å²) in [6, 6.07) is 13.2. The zero-order chi connectivity index (χ0) is 15.5. The predicted octanol–water partition coefficient (Wildman–Crippen LogP) is 3.52. The van der Waals surface area contributed by atoms with Gasteiger partial charge in [0.2, 0.25) is 5.89 Å². The van der Waals surface area contributed by atoms with Crippen molar-refractivity contribution < 1.29 is 13.9 Å². The summed E-state index contributed by atoms with van der Waals surface area (Å²) in [6.07, 6.45) is 1.88. The number of oxazole rings is 1. The maximum atomic E-state index is 12.2. The van der Waals surface area contributed by atoms with Crippen LogP contribution in [0.1, 0.15) is 17.4 Å². The Balaban J connectivity index is 2.13. The van der Waals surface area contributed by atoms with Gasteiger partial charge in [0, 0.05) is 18.8 Å². The standard InChI is InChI=1S/C17H16N2O3/c1-3-21-17(20)14-15(13-10-7-11-19(13)2)22-16(18-14)12-8-5-4-6-9-12/h4-11H,3H2,1-2H3. The van der Waals surface area contributed by atoms with Crippen LogP contribution in [0, 0.1) is 0 Å². The Kier molecular flexibility index (Phi) is 3.78. The molecule has 0 atom stereocenters. The molecule has 5 nitrogen and oxygen atoms in total. The highest BCUT2D eigenvalue weighted by atomic mass is 16.5. The minimum Gasteiger partial charge on any atom is -0.461 e. The molecular formula is C17H16N2O3. The summed E-state index contributed by atoms with van der Waals surface area (Å²) < 4.78 is 12.8. The number of aromatic nitrogens is 2. The molecule has 2 heterocycles. The lowest BCUT2D eigenvalue weighted by Crippen LogP contribution is -2.07. The molecule has 0 spiro atoms. The van der Waals surface area contributed by atoms with Gasteiger partial charge in [-0.05, 0) is 31.2 Å². The second-order valence-corrected chi connectivity index (χ2v) is 4.79. The molecule has 5 heteroatoms. The lowest BCUT2D eigenvalue weighted by atomic mass is 10.2. The first-order chi connectivity index (χ1) is 10.7. The first-order valence-electron chi connectivity index (χ1n) is 7.05. The van der Waals surface area contributed by atoms with Gasteiger partial charge in [-0.15, -0.1) is 0 Å². The molecule has 112 valence electrons. The third-order valence-corrected chi connectivity index (χ3v) is 3.29. The van der Waals surface area contributed by atoms with Gasteiger partial charge >= 0.3 is 5.97 Å². The number of benzene rings is 1. The molecule has 0 amide bonds. The maximum Gasteiger partial charge on any atom is 0.361 e. The van der Waals surface area contributed by atoms with E-state index in [1.165, 1.54) is 0 Å². The molecule has 0 aliphatic heterocycles. The number of carbonyl (C=O) groups excluding carboxylic acids is 1. The third kappa shape index (κ3) is 2.53. The van der Waals surface area contributed by atoms with E-state index in [0.29, 0.717) is 18.3 Å². The van der Waals surface area contributed by atoms with Gasteiger partial charge in [-0.1, -0.05) is 18.2 Å². The van der Waals surface area contributed by atoms with Crippen molar-refractivity contribution in [2.24, 2.45) is 7.05 Å². The van der Waals surface area contributed by atoms with Crippen molar-refractivity contribution in [3.63, 3.8) is 0 Å². The zero-order valence-electron chi connectivity index (χ0n) is 12.4. The summed E-state index contributed by atoms with van der Waals surface area (Å²) in [6.45, 7) is 2.05. The fourth-order valence-corrected chi connectivity index (χ4v) is 2.23. The molecular weight excluding hydrogens is 280 g/mol. The van der Waals surface area contributed by atoms with Gasteiger partial charge in [0.1, 0.15) is 0 Å². The van der Waals surface area contributed by atoms with Gasteiger partial charge in [-0.3, -0.25) is 0 Å². The van der Waals surface area contributed by atoms with E-state index in [9.17, 15) is 4.79 Å². The number of esters is 1. The monoisotopic (exact) mass is 296 g/mol. The van der Waals surface area contributed by atoms with Crippen molar-refractivity contribution >= 4 is 5.97 Å². The molecule has 0 N–H and O–H groups in total. The Morgan fingerprint density at radius 1 is 1.23 bits per heavy atom. The van der Waals surface area contributed by atoms with Crippen molar-refractivity contribution in [1.29, 1.82) is 0 Å². The summed E-state index contributed by atoms with van der Waals surface area (Å²) in [7, 11) is 1.88. The summed E-state index contributed by atoms with van der Waals surface area (Å²) >= 11 is 0. The van der Waals surface area contributed by atoms with E-state index in [2.05, 4.69) is 4.98 Å². The fraction of sp³-hybridized carbons (Fsp3) is 0.176. The molecule has 22 heavy (non-hydrogen) atoms. The molecule has 0 bridgehead atoms. The van der Waals surface area contributed by atoms with Crippen LogP contribution in [-0.4, -0.2) is 22.1 Å². The van der Waals surface area contributed by atoms with Crippen molar-refractivity contribution in [3.8, 4) is 22.9 Å². The fourth-order valence-electron chi connectivity index (χ4n) is 2.23. The van der Waals surface area contributed by atoms with Crippen molar-refractivity contribution in [1.82, 2.24) is 9.55 Å². The molecule has 0 fully saturated rings. The molecule has 0 unspecified atom stereocenters. The van der Waals surface area contributed by atoms with Gasteiger partial charge in [0.25, 0.3) is 0 Å². The smallest absolute Gasteiger partial charge is 0.361 e. The minimum absolute atomic E-state index is 0.197. The highest BCUT2D eigenvalue weighted by Gasteiger charge is 2.24. The molecule has 0 aliphatic rings. The van der Waals surface area contributed by atoms with Crippen molar-refractivity contribution in [2.75, 3.05) is 6.61 Å². The average molecular weight is 296 g/mol. The third-order valence-electron chi connectivity index (χ3n) is 3.29. The molecule has 0 saturated carbocycles. The predicted molar refractivity (Wildman–Crippen MR) is 82.3 cm³/mol. The van der Waals surface area contributed by atoms with Gasteiger partial charge in [0.05, 0.1) is 12.3 Å². The molecule has 3 rings (SSSR count). The Bertz CT molecular complexity index is 787. The Morgan fingerprint density at radius 2 is 2.00 bits per heavy atom. The number of nitrogens with zero attached hydrogens (tertiary/aromatic N) is 2. The van der Waals surface area contributed by atoms with Gasteiger partial charge in [-0.25, -0.2) is 9.78 Å². The first kappa shape index (κ1) is 14.1. The number of carbonyl (C=O) groups is 1. The highest BCUT2D eigenvalue weighted by Crippen LogP contribution is 2.30. The Hall–Kier alpha value is -2.82. The van der Waals surface area contributed by atoms with Crippen LogP contribution < -0.4 is 0 Å².